The summed E-state index contributed by atoms with van der Waals surface area (Å²) in [6.45, 7) is 3.59. The van der Waals surface area contributed by atoms with E-state index in [1.54, 1.807) is 41.0 Å². The van der Waals surface area contributed by atoms with Crippen molar-refractivity contribution in [3.8, 4) is 0 Å². The zero-order valence-corrected chi connectivity index (χ0v) is 15.9. The van der Waals surface area contributed by atoms with Crippen molar-refractivity contribution < 1.29 is 22.7 Å². The van der Waals surface area contributed by atoms with Gasteiger partial charge in [-0.05, 0) is 19.1 Å². The summed E-state index contributed by atoms with van der Waals surface area (Å²) in [6.07, 6.45) is -0.467. The SMILES string of the molecule is CCOC(=O)N1CCN(C(=O)CCS(=O)(=O)N(C)c2ccccc2)CC1. The molecule has 0 aliphatic carbocycles. The number of nitrogens with zero attached hydrogens (tertiary/aromatic N) is 3. The minimum Gasteiger partial charge on any atom is -0.450 e. The molecule has 1 aromatic rings. The van der Waals surface area contributed by atoms with E-state index >= 15 is 0 Å². The minimum atomic E-state index is -3.58. The van der Waals surface area contributed by atoms with Crippen LogP contribution >= 0.6 is 0 Å². The molecule has 144 valence electrons. The van der Waals surface area contributed by atoms with E-state index < -0.39 is 10.0 Å². The van der Waals surface area contributed by atoms with Crippen molar-refractivity contribution in [2.24, 2.45) is 0 Å². The summed E-state index contributed by atoms with van der Waals surface area (Å²) in [5, 5.41) is 0. The molecule has 2 rings (SSSR count). The Morgan fingerprint density at radius 3 is 2.23 bits per heavy atom. The Morgan fingerprint density at radius 1 is 1.08 bits per heavy atom. The molecule has 1 aliphatic heterocycles. The minimum absolute atomic E-state index is 0.0844. The largest absolute Gasteiger partial charge is 0.450 e. The highest BCUT2D eigenvalue weighted by Crippen LogP contribution is 2.16. The van der Waals surface area contributed by atoms with E-state index in [1.807, 2.05) is 6.07 Å². The van der Waals surface area contributed by atoms with Gasteiger partial charge in [0.1, 0.15) is 0 Å². The second-order valence-electron chi connectivity index (χ2n) is 5.94. The van der Waals surface area contributed by atoms with Crippen LogP contribution in [0.3, 0.4) is 0 Å². The number of ether oxygens (including phenoxy) is 1. The van der Waals surface area contributed by atoms with Gasteiger partial charge >= 0.3 is 6.09 Å². The average molecular weight is 383 g/mol. The second-order valence-corrected chi connectivity index (χ2v) is 8.06. The highest BCUT2D eigenvalue weighted by molar-refractivity contribution is 7.92. The zero-order chi connectivity index (χ0) is 19.2. The fourth-order valence-corrected chi connectivity index (χ4v) is 3.81. The van der Waals surface area contributed by atoms with Crippen LogP contribution in [0.15, 0.2) is 30.3 Å². The molecule has 0 atom stereocenters. The number of hydrogen-bond donors (Lipinski definition) is 0. The van der Waals surface area contributed by atoms with Gasteiger partial charge in [0.15, 0.2) is 0 Å². The van der Waals surface area contributed by atoms with Crippen molar-refractivity contribution in [1.29, 1.82) is 0 Å². The molecule has 1 heterocycles. The highest BCUT2D eigenvalue weighted by Gasteiger charge is 2.26. The van der Waals surface area contributed by atoms with Gasteiger partial charge in [0.25, 0.3) is 0 Å². The Bertz CT molecular complexity index is 715. The Kier molecular flexibility index (Phi) is 6.84. The van der Waals surface area contributed by atoms with Crippen LogP contribution in [0.1, 0.15) is 13.3 Å². The number of piperazine rings is 1. The van der Waals surface area contributed by atoms with E-state index in [0.29, 0.717) is 38.5 Å². The Labute approximate surface area is 154 Å². The molecule has 1 aliphatic rings. The van der Waals surface area contributed by atoms with E-state index in [9.17, 15) is 18.0 Å². The van der Waals surface area contributed by atoms with E-state index in [-0.39, 0.29) is 24.2 Å². The van der Waals surface area contributed by atoms with Crippen molar-refractivity contribution in [2.45, 2.75) is 13.3 Å². The summed E-state index contributed by atoms with van der Waals surface area (Å²) in [4.78, 5) is 27.1. The van der Waals surface area contributed by atoms with Gasteiger partial charge in [-0.2, -0.15) is 0 Å². The summed E-state index contributed by atoms with van der Waals surface area (Å²) < 4.78 is 31.0. The van der Waals surface area contributed by atoms with Gasteiger partial charge in [0.2, 0.25) is 15.9 Å². The van der Waals surface area contributed by atoms with Crippen molar-refractivity contribution in [3.05, 3.63) is 30.3 Å². The molecule has 8 nitrogen and oxygen atoms in total. The van der Waals surface area contributed by atoms with Crippen LogP contribution in [-0.4, -0.2) is 75.8 Å². The van der Waals surface area contributed by atoms with Gasteiger partial charge in [0.05, 0.1) is 18.0 Å². The molecular weight excluding hydrogens is 358 g/mol. The van der Waals surface area contributed by atoms with E-state index in [2.05, 4.69) is 0 Å². The highest BCUT2D eigenvalue weighted by atomic mass is 32.2. The molecule has 0 aromatic heterocycles. The predicted octanol–water partition coefficient (Wildman–Crippen LogP) is 1.14. The normalized spacial score (nSPS) is 14.8. The maximum atomic E-state index is 12.4. The first-order valence-electron chi connectivity index (χ1n) is 8.56. The summed E-state index contributed by atoms with van der Waals surface area (Å²) in [7, 11) is -2.10. The quantitative estimate of drug-likeness (QED) is 0.735. The van der Waals surface area contributed by atoms with Crippen LogP contribution < -0.4 is 4.31 Å². The average Bonchev–Trinajstić information content (AvgIpc) is 2.66. The molecule has 0 N–H and O–H groups in total. The lowest BCUT2D eigenvalue weighted by Gasteiger charge is -2.34. The van der Waals surface area contributed by atoms with Crippen LogP contribution in [0.25, 0.3) is 0 Å². The zero-order valence-electron chi connectivity index (χ0n) is 15.1. The molecule has 0 radical (unpaired) electrons. The molecule has 2 amide bonds. The summed E-state index contributed by atoms with van der Waals surface area (Å²) in [5.41, 5.74) is 0.558. The predicted molar refractivity (Wildman–Crippen MR) is 98.4 cm³/mol. The third-order valence-electron chi connectivity index (χ3n) is 4.27. The summed E-state index contributed by atoms with van der Waals surface area (Å²) >= 11 is 0. The number of carbonyl (C=O) groups is 2. The van der Waals surface area contributed by atoms with Crippen molar-refractivity contribution in [2.75, 3.05) is 49.9 Å². The topological polar surface area (TPSA) is 87.2 Å². The molecule has 9 heteroatoms. The van der Waals surface area contributed by atoms with Crippen molar-refractivity contribution in [1.82, 2.24) is 9.80 Å². The molecule has 0 unspecified atom stereocenters. The van der Waals surface area contributed by atoms with E-state index in [4.69, 9.17) is 4.74 Å². The number of rotatable bonds is 6. The lowest BCUT2D eigenvalue weighted by molar-refractivity contribution is -0.132. The number of hydrogen-bond acceptors (Lipinski definition) is 5. The number of amides is 2. The van der Waals surface area contributed by atoms with Crippen LogP contribution in [0, 0.1) is 0 Å². The van der Waals surface area contributed by atoms with Crippen LogP contribution in [-0.2, 0) is 19.6 Å². The molecule has 26 heavy (non-hydrogen) atoms. The van der Waals surface area contributed by atoms with Gasteiger partial charge in [-0.3, -0.25) is 9.10 Å². The van der Waals surface area contributed by atoms with Gasteiger partial charge in [-0.15, -0.1) is 0 Å². The molecule has 1 fully saturated rings. The first-order valence-corrected chi connectivity index (χ1v) is 10.2. The first kappa shape index (κ1) is 20.0. The monoisotopic (exact) mass is 383 g/mol. The fourth-order valence-electron chi connectivity index (χ4n) is 2.66. The number of benzene rings is 1. The van der Waals surface area contributed by atoms with Crippen LogP contribution in [0.4, 0.5) is 10.5 Å². The standard InChI is InChI=1S/C17H25N3O5S/c1-3-25-17(22)20-12-10-19(11-13-20)16(21)9-14-26(23,24)18(2)15-7-5-4-6-8-15/h4-8H,3,9-14H2,1-2H3. The Balaban J connectivity index is 1.84. The fraction of sp³-hybridized carbons (Fsp3) is 0.529. The molecule has 0 bridgehead atoms. The summed E-state index contributed by atoms with van der Waals surface area (Å²) in [6, 6.07) is 8.73. The van der Waals surface area contributed by atoms with Crippen LogP contribution in [0.2, 0.25) is 0 Å². The molecule has 0 saturated carbocycles. The Morgan fingerprint density at radius 2 is 1.65 bits per heavy atom. The third kappa shape index (κ3) is 5.10. The maximum absolute atomic E-state index is 12.4. The van der Waals surface area contributed by atoms with Crippen molar-refractivity contribution >= 4 is 27.7 Å². The van der Waals surface area contributed by atoms with E-state index in [1.165, 1.54) is 11.4 Å². The lowest BCUT2D eigenvalue weighted by atomic mass is 10.3. The number of para-hydroxylation sites is 1. The Hall–Kier alpha value is -2.29. The molecule has 1 aromatic carbocycles. The molecule has 1 saturated heterocycles. The summed E-state index contributed by atoms with van der Waals surface area (Å²) in [5.74, 6) is -0.478. The smallest absolute Gasteiger partial charge is 0.409 e. The number of carbonyl (C=O) groups excluding carboxylic acids is 2. The lowest BCUT2D eigenvalue weighted by Crippen LogP contribution is -2.51. The third-order valence-corrected chi connectivity index (χ3v) is 6.03. The first-order chi connectivity index (χ1) is 12.3. The molecule has 0 spiro atoms. The number of sulfonamides is 1. The van der Waals surface area contributed by atoms with E-state index in [0.717, 1.165) is 0 Å². The van der Waals surface area contributed by atoms with Gasteiger partial charge in [-0.1, -0.05) is 18.2 Å². The van der Waals surface area contributed by atoms with Gasteiger partial charge in [-0.25, -0.2) is 13.2 Å². The maximum Gasteiger partial charge on any atom is 0.409 e. The van der Waals surface area contributed by atoms with Crippen molar-refractivity contribution in [3.63, 3.8) is 0 Å². The molecular formula is C17H25N3O5S. The second kappa shape index (κ2) is 8.88. The van der Waals surface area contributed by atoms with Crippen LogP contribution in [0.5, 0.6) is 0 Å². The van der Waals surface area contributed by atoms with Gasteiger partial charge < -0.3 is 14.5 Å². The number of anilines is 1. The van der Waals surface area contributed by atoms with Gasteiger partial charge in [0, 0.05) is 39.6 Å².